The topological polar surface area (TPSA) is 9.23 Å². The SMILES string of the molecule is CC([S])OCC=S. The van der Waals surface area contributed by atoms with E-state index in [4.69, 9.17) is 4.74 Å². The minimum Gasteiger partial charge on any atom is -0.362 e. The van der Waals surface area contributed by atoms with Crippen molar-refractivity contribution in [2.45, 2.75) is 12.4 Å². The first kappa shape index (κ1) is 7.40. The molecule has 0 spiro atoms. The zero-order chi connectivity index (χ0) is 5.70. The van der Waals surface area contributed by atoms with Crippen LogP contribution in [0.5, 0.6) is 0 Å². The molecule has 1 atom stereocenters. The molecule has 0 amide bonds. The van der Waals surface area contributed by atoms with Gasteiger partial charge in [-0.05, 0) is 6.92 Å². The van der Waals surface area contributed by atoms with Crippen molar-refractivity contribution in [3.63, 3.8) is 0 Å². The van der Waals surface area contributed by atoms with Crippen LogP contribution in [0.3, 0.4) is 0 Å². The van der Waals surface area contributed by atoms with Crippen molar-refractivity contribution in [3.05, 3.63) is 0 Å². The van der Waals surface area contributed by atoms with Crippen molar-refractivity contribution in [2.24, 2.45) is 0 Å². The number of rotatable bonds is 3. The second kappa shape index (κ2) is 4.56. The predicted octanol–water partition coefficient (Wildman–Crippen LogP) is 1.55. The van der Waals surface area contributed by atoms with Crippen LogP contribution in [0.25, 0.3) is 0 Å². The van der Waals surface area contributed by atoms with E-state index >= 15 is 0 Å². The summed E-state index contributed by atoms with van der Waals surface area (Å²) in [6.45, 7) is 2.29. The molecule has 0 rings (SSSR count). The second-order valence-corrected chi connectivity index (χ2v) is 2.06. The van der Waals surface area contributed by atoms with Crippen LogP contribution in [0.4, 0.5) is 0 Å². The molecule has 0 aliphatic carbocycles. The Kier molecular flexibility index (Phi) is 4.82. The lowest BCUT2D eigenvalue weighted by Gasteiger charge is -1.98. The Balaban J connectivity index is 2.81. The molecule has 0 aromatic heterocycles. The molecule has 1 radical (unpaired) electrons. The van der Waals surface area contributed by atoms with Gasteiger partial charge in [-0.2, -0.15) is 0 Å². The Morgan fingerprint density at radius 1 is 1.86 bits per heavy atom. The summed E-state index contributed by atoms with van der Waals surface area (Å²) in [5.74, 6) is 0. The molecule has 0 aliphatic heterocycles. The normalized spacial score (nSPS) is 13.4. The molecule has 1 nitrogen and oxygen atoms in total. The van der Waals surface area contributed by atoms with E-state index in [0.29, 0.717) is 6.61 Å². The molecular formula is C4H7OS2. The van der Waals surface area contributed by atoms with Gasteiger partial charge in [-0.25, -0.2) is 0 Å². The molecule has 0 N–H and O–H groups in total. The fourth-order valence-electron chi connectivity index (χ4n) is 0.175. The number of ether oxygens (including phenoxy) is 1. The highest BCUT2D eigenvalue weighted by Gasteiger charge is 1.88. The standard InChI is InChI=1S/C4H7OS2/c1-4(7)5-2-3-6/h3-4H,2H2,1H3. The maximum absolute atomic E-state index is 4.85. The van der Waals surface area contributed by atoms with E-state index in [2.05, 4.69) is 24.8 Å². The summed E-state index contributed by atoms with van der Waals surface area (Å²) in [4.78, 5) is 0. The average Bonchev–Trinajstić information content (AvgIpc) is 1.61. The van der Waals surface area contributed by atoms with Gasteiger partial charge in [0.2, 0.25) is 0 Å². The van der Waals surface area contributed by atoms with Gasteiger partial charge in [-0.1, -0.05) is 24.8 Å². The largest absolute Gasteiger partial charge is 0.362 e. The van der Waals surface area contributed by atoms with E-state index in [1.54, 1.807) is 6.92 Å². The van der Waals surface area contributed by atoms with Crippen LogP contribution in [0, 0.1) is 0 Å². The van der Waals surface area contributed by atoms with Crippen LogP contribution >= 0.6 is 24.8 Å². The Bertz CT molecular complexity index is 53.7. The third-order valence-corrected chi connectivity index (χ3v) is 0.671. The summed E-state index contributed by atoms with van der Waals surface area (Å²) in [7, 11) is 0. The average molecular weight is 135 g/mol. The highest BCUT2D eigenvalue weighted by atomic mass is 32.1. The molecule has 0 saturated carbocycles. The highest BCUT2D eigenvalue weighted by molar-refractivity contribution is 7.80. The Morgan fingerprint density at radius 2 is 2.43 bits per heavy atom. The van der Waals surface area contributed by atoms with Gasteiger partial charge >= 0.3 is 0 Å². The van der Waals surface area contributed by atoms with Crippen LogP contribution in [0.15, 0.2) is 0 Å². The second-order valence-electron chi connectivity index (χ2n) is 1.07. The molecule has 0 fully saturated rings. The minimum absolute atomic E-state index is 0.112. The lowest BCUT2D eigenvalue weighted by atomic mass is 10.8. The lowest BCUT2D eigenvalue weighted by molar-refractivity contribution is 0.166. The smallest absolute Gasteiger partial charge is 0.110 e. The Hall–Kier alpha value is 0.400. The van der Waals surface area contributed by atoms with Crippen molar-refractivity contribution < 1.29 is 4.74 Å². The van der Waals surface area contributed by atoms with Crippen molar-refractivity contribution in [3.8, 4) is 0 Å². The van der Waals surface area contributed by atoms with E-state index in [0.717, 1.165) is 0 Å². The van der Waals surface area contributed by atoms with E-state index in [9.17, 15) is 0 Å². The summed E-state index contributed by atoms with van der Waals surface area (Å²) < 4.78 is 4.85. The van der Waals surface area contributed by atoms with Gasteiger partial charge in [0.05, 0.1) is 6.61 Å². The van der Waals surface area contributed by atoms with Gasteiger partial charge in [0.1, 0.15) is 5.44 Å². The van der Waals surface area contributed by atoms with E-state index in [1.807, 2.05) is 0 Å². The van der Waals surface area contributed by atoms with E-state index < -0.39 is 0 Å². The molecule has 3 heteroatoms. The van der Waals surface area contributed by atoms with E-state index in [-0.39, 0.29) is 5.44 Å². The Labute approximate surface area is 54.5 Å². The fraction of sp³-hybridized carbons (Fsp3) is 0.750. The van der Waals surface area contributed by atoms with Gasteiger partial charge in [0.25, 0.3) is 0 Å². The first-order valence-corrected chi connectivity index (χ1v) is 2.92. The maximum Gasteiger partial charge on any atom is 0.110 e. The zero-order valence-electron chi connectivity index (χ0n) is 4.09. The molecule has 0 bridgehead atoms. The molecular weight excluding hydrogens is 128 g/mol. The quantitative estimate of drug-likeness (QED) is 0.543. The van der Waals surface area contributed by atoms with Crippen LogP contribution < -0.4 is 0 Å². The van der Waals surface area contributed by atoms with Crippen molar-refractivity contribution in [2.75, 3.05) is 6.61 Å². The van der Waals surface area contributed by atoms with Gasteiger partial charge in [0, 0.05) is 5.37 Å². The molecule has 0 saturated heterocycles. The fourth-order valence-corrected chi connectivity index (χ4v) is 0.332. The monoisotopic (exact) mass is 135 g/mol. The number of hydrogen-bond acceptors (Lipinski definition) is 2. The summed E-state index contributed by atoms with van der Waals surface area (Å²) in [5, 5.41) is 1.52. The van der Waals surface area contributed by atoms with Crippen molar-refractivity contribution >= 4 is 30.2 Å². The minimum atomic E-state index is -0.112. The number of thiocarbonyl (C=S) groups is 1. The summed E-state index contributed by atoms with van der Waals surface area (Å²) in [5.41, 5.74) is -0.112. The third kappa shape index (κ3) is 6.40. The van der Waals surface area contributed by atoms with Gasteiger partial charge in [-0.15, -0.1) is 0 Å². The van der Waals surface area contributed by atoms with Crippen LogP contribution in [0.1, 0.15) is 6.92 Å². The zero-order valence-corrected chi connectivity index (χ0v) is 5.72. The van der Waals surface area contributed by atoms with Crippen molar-refractivity contribution in [1.82, 2.24) is 0 Å². The first-order valence-electron chi connectivity index (χ1n) is 1.98. The highest BCUT2D eigenvalue weighted by Crippen LogP contribution is 1.91. The molecule has 0 aliphatic rings. The summed E-state index contributed by atoms with van der Waals surface area (Å²) in [6, 6.07) is 0. The first-order chi connectivity index (χ1) is 3.27. The molecule has 0 heterocycles. The van der Waals surface area contributed by atoms with Gasteiger partial charge < -0.3 is 4.74 Å². The van der Waals surface area contributed by atoms with E-state index in [1.165, 1.54) is 5.37 Å². The van der Waals surface area contributed by atoms with Crippen LogP contribution in [-0.4, -0.2) is 17.4 Å². The summed E-state index contributed by atoms with van der Waals surface area (Å²) >= 11 is 9.13. The van der Waals surface area contributed by atoms with Gasteiger partial charge in [0.15, 0.2) is 0 Å². The molecule has 41 valence electrons. The lowest BCUT2D eigenvalue weighted by Crippen LogP contribution is -2.00. The number of hydrogen-bond donors (Lipinski definition) is 0. The Morgan fingerprint density at radius 3 is 2.57 bits per heavy atom. The molecule has 0 aromatic rings. The maximum atomic E-state index is 4.85. The van der Waals surface area contributed by atoms with Crippen LogP contribution in [0.2, 0.25) is 0 Å². The predicted molar refractivity (Wildman–Crippen MR) is 36.7 cm³/mol. The third-order valence-electron chi connectivity index (χ3n) is 0.399. The molecule has 0 aromatic carbocycles. The summed E-state index contributed by atoms with van der Waals surface area (Å²) in [6.07, 6.45) is 0. The molecule has 7 heavy (non-hydrogen) atoms. The van der Waals surface area contributed by atoms with Crippen molar-refractivity contribution in [1.29, 1.82) is 0 Å². The van der Waals surface area contributed by atoms with Gasteiger partial charge in [-0.3, -0.25) is 0 Å². The van der Waals surface area contributed by atoms with Crippen LogP contribution in [-0.2, 0) is 4.74 Å². The molecule has 1 unspecified atom stereocenters.